The van der Waals surface area contributed by atoms with E-state index >= 15 is 0 Å². The zero-order valence-electron chi connectivity index (χ0n) is 8.55. The van der Waals surface area contributed by atoms with Crippen LogP contribution in [-0.4, -0.2) is 15.3 Å². The molecule has 0 unspecified atom stereocenters. The van der Waals surface area contributed by atoms with E-state index < -0.39 is 5.54 Å². The van der Waals surface area contributed by atoms with Gasteiger partial charge in [-0.2, -0.15) is 5.10 Å². The van der Waals surface area contributed by atoms with Gasteiger partial charge in [-0.25, -0.2) is 0 Å². The molecule has 0 saturated carbocycles. The molecule has 0 amide bonds. The van der Waals surface area contributed by atoms with Crippen LogP contribution in [0.3, 0.4) is 0 Å². The molecule has 0 aliphatic heterocycles. The smallest absolute Gasteiger partial charge is 0.0750 e. The predicted octanol–water partition coefficient (Wildman–Crippen LogP) is 0.817. The number of nitrogens with two attached hydrogens (primary N) is 1. The number of hydrogen-bond donors (Lipinski definition) is 1. The maximum atomic E-state index is 5.74. The van der Waals surface area contributed by atoms with Crippen molar-refractivity contribution in [2.45, 2.75) is 26.3 Å². The highest BCUT2D eigenvalue weighted by Gasteiger charge is 2.05. The van der Waals surface area contributed by atoms with Crippen LogP contribution >= 0.6 is 0 Å². The highest BCUT2D eigenvalue weighted by atomic mass is 15.2. The lowest BCUT2D eigenvalue weighted by Crippen LogP contribution is -2.29. The average molecular weight is 177 g/mol. The Hall–Kier alpha value is -1.27. The second-order valence-electron chi connectivity index (χ2n) is 3.77. The zero-order valence-corrected chi connectivity index (χ0v) is 8.55. The van der Waals surface area contributed by atoms with Crippen LogP contribution < -0.4 is 5.73 Å². The Balaban J connectivity index is 2.96. The highest BCUT2D eigenvalue weighted by Crippen LogP contribution is 2.03. The van der Waals surface area contributed by atoms with E-state index in [0.29, 0.717) is 0 Å². The summed E-state index contributed by atoms with van der Waals surface area (Å²) in [7, 11) is 1.88. The molecule has 0 spiro atoms. The van der Waals surface area contributed by atoms with Crippen LogP contribution in [0.5, 0.6) is 0 Å². The molecule has 1 aromatic rings. The van der Waals surface area contributed by atoms with E-state index in [-0.39, 0.29) is 0 Å². The first-order valence-electron chi connectivity index (χ1n) is 4.21. The molecule has 1 rings (SSSR count). The van der Waals surface area contributed by atoms with Crippen molar-refractivity contribution in [2.75, 3.05) is 0 Å². The molecule has 13 heavy (non-hydrogen) atoms. The van der Waals surface area contributed by atoms with Gasteiger partial charge >= 0.3 is 0 Å². The summed E-state index contributed by atoms with van der Waals surface area (Å²) in [5.74, 6) is 5.98. The predicted molar refractivity (Wildman–Crippen MR) is 53.1 cm³/mol. The SMILES string of the molecule is Cc1nn(C)cc1C#CC(C)(C)N. The van der Waals surface area contributed by atoms with E-state index in [1.807, 2.05) is 34.0 Å². The van der Waals surface area contributed by atoms with Gasteiger partial charge in [0.25, 0.3) is 0 Å². The number of nitrogens with zero attached hydrogens (tertiary/aromatic N) is 2. The molecule has 3 nitrogen and oxygen atoms in total. The highest BCUT2D eigenvalue weighted by molar-refractivity contribution is 5.37. The standard InChI is InChI=1S/C10H15N3/c1-8-9(7-13(4)12-8)5-6-10(2,3)11/h7H,11H2,1-4H3. The van der Waals surface area contributed by atoms with E-state index in [1.54, 1.807) is 4.68 Å². The Morgan fingerprint density at radius 2 is 2.15 bits per heavy atom. The van der Waals surface area contributed by atoms with Gasteiger partial charge < -0.3 is 5.73 Å². The van der Waals surface area contributed by atoms with Gasteiger partial charge in [0.15, 0.2) is 0 Å². The van der Waals surface area contributed by atoms with Gasteiger partial charge in [-0.05, 0) is 20.8 Å². The molecule has 1 aromatic heterocycles. The van der Waals surface area contributed by atoms with Gasteiger partial charge in [0.2, 0.25) is 0 Å². The summed E-state index contributed by atoms with van der Waals surface area (Å²) < 4.78 is 1.75. The third kappa shape index (κ3) is 2.92. The first kappa shape index (κ1) is 9.82. The molecule has 0 atom stereocenters. The van der Waals surface area contributed by atoms with Crippen molar-refractivity contribution in [3.63, 3.8) is 0 Å². The normalized spacial score (nSPS) is 10.8. The summed E-state index contributed by atoms with van der Waals surface area (Å²) >= 11 is 0. The van der Waals surface area contributed by atoms with Gasteiger partial charge in [-0.15, -0.1) is 0 Å². The zero-order chi connectivity index (χ0) is 10.1. The van der Waals surface area contributed by atoms with Gasteiger partial charge in [-0.1, -0.05) is 11.8 Å². The number of rotatable bonds is 0. The minimum absolute atomic E-state index is 0.442. The van der Waals surface area contributed by atoms with E-state index in [2.05, 4.69) is 16.9 Å². The molecule has 70 valence electrons. The van der Waals surface area contributed by atoms with Crippen molar-refractivity contribution < 1.29 is 0 Å². The Kier molecular flexibility index (Phi) is 2.44. The van der Waals surface area contributed by atoms with Crippen LogP contribution in [0.2, 0.25) is 0 Å². The van der Waals surface area contributed by atoms with Crippen LogP contribution in [0.25, 0.3) is 0 Å². The molecule has 0 aliphatic carbocycles. The summed E-state index contributed by atoms with van der Waals surface area (Å²) in [4.78, 5) is 0. The third-order valence-corrected chi connectivity index (χ3v) is 1.53. The topological polar surface area (TPSA) is 43.8 Å². The Morgan fingerprint density at radius 1 is 1.54 bits per heavy atom. The van der Waals surface area contributed by atoms with E-state index in [0.717, 1.165) is 11.3 Å². The molecule has 0 bridgehead atoms. The quantitative estimate of drug-likeness (QED) is 0.596. The fourth-order valence-electron chi connectivity index (χ4n) is 0.951. The lowest BCUT2D eigenvalue weighted by molar-refractivity contribution is 0.680. The maximum absolute atomic E-state index is 5.74. The van der Waals surface area contributed by atoms with Crippen molar-refractivity contribution in [3.8, 4) is 11.8 Å². The van der Waals surface area contributed by atoms with Crippen molar-refractivity contribution in [1.29, 1.82) is 0 Å². The molecule has 0 fully saturated rings. The monoisotopic (exact) mass is 177 g/mol. The Bertz CT molecular complexity index is 358. The lowest BCUT2D eigenvalue weighted by Gasteiger charge is -2.06. The minimum atomic E-state index is -0.442. The number of aromatic nitrogens is 2. The van der Waals surface area contributed by atoms with E-state index in [4.69, 9.17) is 5.73 Å². The Morgan fingerprint density at radius 3 is 2.54 bits per heavy atom. The third-order valence-electron chi connectivity index (χ3n) is 1.53. The first-order valence-corrected chi connectivity index (χ1v) is 4.21. The van der Waals surface area contributed by atoms with E-state index in [9.17, 15) is 0 Å². The van der Waals surface area contributed by atoms with E-state index in [1.165, 1.54) is 0 Å². The molecule has 0 radical (unpaired) electrons. The summed E-state index contributed by atoms with van der Waals surface area (Å²) in [5.41, 5.74) is 7.19. The van der Waals surface area contributed by atoms with Crippen LogP contribution in [0.4, 0.5) is 0 Å². The summed E-state index contributed by atoms with van der Waals surface area (Å²) in [6.45, 7) is 5.70. The lowest BCUT2D eigenvalue weighted by atomic mass is 10.1. The fourth-order valence-corrected chi connectivity index (χ4v) is 0.951. The average Bonchev–Trinajstić information content (AvgIpc) is 2.24. The van der Waals surface area contributed by atoms with Gasteiger partial charge in [0.1, 0.15) is 0 Å². The van der Waals surface area contributed by atoms with Gasteiger partial charge in [0.05, 0.1) is 16.8 Å². The molecule has 2 N–H and O–H groups in total. The fraction of sp³-hybridized carbons (Fsp3) is 0.500. The largest absolute Gasteiger partial charge is 0.316 e. The molecular weight excluding hydrogens is 162 g/mol. The molecular formula is C10H15N3. The second kappa shape index (κ2) is 3.23. The van der Waals surface area contributed by atoms with Gasteiger partial charge in [-0.3, -0.25) is 4.68 Å². The Labute approximate surface area is 78.9 Å². The minimum Gasteiger partial charge on any atom is -0.316 e. The van der Waals surface area contributed by atoms with Crippen molar-refractivity contribution in [3.05, 3.63) is 17.5 Å². The van der Waals surface area contributed by atoms with Crippen LogP contribution in [0.15, 0.2) is 6.20 Å². The van der Waals surface area contributed by atoms with Gasteiger partial charge in [0, 0.05) is 13.2 Å². The van der Waals surface area contributed by atoms with Crippen LogP contribution in [0.1, 0.15) is 25.1 Å². The molecule has 1 heterocycles. The maximum Gasteiger partial charge on any atom is 0.0750 e. The van der Waals surface area contributed by atoms with Crippen molar-refractivity contribution >= 4 is 0 Å². The molecule has 0 saturated heterocycles. The summed E-state index contributed by atoms with van der Waals surface area (Å²) in [5, 5.41) is 4.19. The second-order valence-corrected chi connectivity index (χ2v) is 3.77. The van der Waals surface area contributed by atoms with Crippen LogP contribution in [0, 0.1) is 18.8 Å². The summed E-state index contributed by atoms with van der Waals surface area (Å²) in [6, 6.07) is 0. The molecule has 3 heteroatoms. The van der Waals surface area contributed by atoms with Crippen LogP contribution in [-0.2, 0) is 7.05 Å². The molecule has 0 aliphatic rings. The summed E-state index contributed by atoms with van der Waals surface area (Å²) in [6.07, 6.45) is 1.90. The first-order chi connectivity index (χ1) is 5.88. The van der Waals surface area contributed by atoms with Crippen molar-refractivity contribution in [1.82, 2.24) is 9.78 Å². The number of hydrogen-bond acceptors (Lipinski definition) is 2. The van der Waals surface area contributed by atoms with Crippen molar-refractivity contribution in [2.24, 2.45) is 12.8 Å². The number of aryl methyl sites for hydroxylation is 2. The molecule has 0 aromatic carbocycles.